The molecule has 1 saturated heterocycles. The maximum atomic E-state index is 13.6. The first-order valence-corrected chi connectivity index (χ1v) is 8.66. The molecule has 2 N–H and O–H groups in total. The van der Waals surface area contributed by atoms with Crippen molar-refractivity contribution in [2.45, 2.75) is 17.1 Å². The van der Waals surface area contributed by atoms with Crippen LogP contribution in [0.25, 0.3) is 0 Å². The minimum atomic E-state index is -4.80. The third-order valence-electron chi connectivity index (χ3n) is 3.70. The highest BCUT2D eigenvalue weighted by Gasteiger charge is 2.44. The lowest BCUT2D eigenvalue weighted by Gasteiger charge is -2.35. The van der Waals surface area contributed by atoms with E-state index in [4.69, 9.17) is 0 Å². The predicted molar refractivity (Wildman–Crippen MR) is 83.0 cm³/mol. The standard InChI is InChI=1S/C13H15F6N3O2S.ClH/c14-8-5-10(16)11(6-9(8)15)25(23,24)21-7-12(13(17,18)19)22-3-1-20-2-4-22;/h5-6,12,20-21H,1-4,7H2;1H. The van der Waals surface area contributed by atoms with Crippen LogP contribution in [0.3, 0.4) is 0 Å². The average Bonchev–Trinajstić information content (AvgIpc) is 2.50. The molecule has 5 nitrogen and oxygen atoms in total. The van der Waals surface area contributed by atoms with Gasteiger partial charge in [0, 0.05) is 38.8 Å². The van der Waals surface area contributed by atoms with Crippen LogP contribution in [0.15, 0.2) is 17.0 Å². The van der Waals surface area contributed by atoms with Crippen molar-refractivity contribution in [2.75, 3.05) is 32.7 Å². The van der Waals surface area contributed by atoms with Crippen LogP contribution >= 0.6 is 12.4 Å². The maximum absolute atomic E-state index is 13.6. The van der Waals surface area contributed by atoms with Gasteiger partial charge in [0.15, 0.2) is 11.6 Å². The van der Waals surface area contributed by atoms with Crippen LogP contribution in [0.4, 0.5) is 26.3 Å². The summed E-state index contributed by atoms with van der Waals surface area (Å²) >= 11 is 0. The molecule has 1 fully saturated rings. The van der Waals surface area contributed by atoms with Crippen LogP contribution in [0.5, 0.6) is 0 Å². The van der Waals surface area contributed by atoms with E-state index in [1.54, 1.807) is 4.72 Å². The summed E-state index contributed by atoms with van der Waals surface area (Å²) in [6.07, 6.45) is -4.73. The van der Waals surface area contributed by atoms with Gasteiger partial charge in [0.05, 0.1) is 0 Å². The molecule has 13 heteroatoms. The molecule has 1 aromatic carbocycles. The first-order chi connectivity index (χ1) is 11.5. The van der Waals surface area contributed by atoms with E-state index in [1.807, 2.05) is 0 Å². The van der Waals surface area contributed by atoms with Gasteiger partial charge in [-0.2, -0.15) is 13.2 Å². The molecular formula is C13H16ClF6N3O2S. The third-order valence-corrected chi connectivity index (χ3v) is 5.14. The molecule has 1 heterocycles. The van der Waals surface area contributed by atoms with Gasteiger partial charge in [0.25, 0.3) is 0 Å². The molecule has 2 rings (SSSR count). The molecule has 1 atom stereocenters. The lowest BCUT2D eigenvalue weighted by atomic mass is 10.2. The largest absolute Gasteiger partial charge is 0.405 e. The van der Waals surface area contributed by atoms with Gasteiger partial charge in [-0.3, -0.25) is 4.90 Å². The van der Waals surface area contributed by atoms with Gasteiger partial charge in [0.2, 0.25) is 10.0 Å². The summed E-state index contributed by atoms with van der Waals surface area (Å²) in [6, 6.07) is -2.03. The van der Waals surface area contributed by atoms with E-state index < -0.39 is 51.1 Å². The predicted octanol–water partition coefficient (Wildman–Crippen LogP) is 1.64. The van der Waals surface area contributed by atoms with E-state index in [2.05, 4.69) is 5.32 Å². The van der Waals surface area contributed by atoms with Crippen molar-refractivity contribution in [1.82, 2.24) is 14.9 Å². The number of hydrogen-bond acceptors (Lipinski definition) is 4. The van der Waals surface area contributed by atoms with Crippen molar-refractivity contribution in [1.29, 1.82) is 0 Å². The molecule has 0 saturated carbocycles. The number of nitrogens with zero attached hydrogens (tertiary/aromatic N) is 1. The number of benzene rings is 1. The van der Waals surface area contributed by atoms with Gasteiger partial charge in [0.1, 0.15) is 16.8 Å². The second-order valence-corrected chi connectivity index (χ2v) is 7.13. The Morgan fingerprint density at radius 1 is 1.08 bits per heavy atom. The first-order valence-electron chi connectivity index (χ1n) is 7.18. The highest BCUT2D eigenvalue weighted by atomic mass is 35.5. The quantitative estimate of drug-likeness (QED) is 0.554. The Labute approximate surface area is 152 Å². The van der Waals surface area contributed by atoms with Gasteiger partial charge in [-0.25, -0.2) is 26.3 Å². The summed E-state index contributed by atoms with van der Waals surface area (Å²) < 4.78 is 105. The van der Waals surface area contributed by atoms with E-state index in [0.29, 0.717) is 13.1 Å². The Hall–Kier alpha value is -1.08. The zero-order valence-corrected chi connectivity index (χ0v) is 14.7. The van der Waals surface area contributed by atoms with Crippen molar-refractivity contribution in [3.05, 3.63) is 29.6 Å². The van der Waals surface area contributed by atoms with Crippen molar-refractivity contribution in [3.8, 4) is 0 Å². The summed E-state index contributed by atoms with van der Waals surface area (Å²) in [6.45, 7) is -0.380. The molecule has 0 radical (unpaired) electrons. The monoisotopic (exact) mass is 427 g/mol. The van der Waals surface area contributed by atoms with E-state index in [0.717, 1.165) is 4.90 Å². The number of alkyl halides is 3. The van der Waals surface area contributed by atoms with Crippen molar-refractivity contribution in [3.63, 3.8) is 0 Å². The minimum absolute atomic E-state index is 0. The summed E-state index contributed by atoms with van der Waals surface area (Å²) in [5.41, 5.74) is 0. The van der Waals surface area contributed by atoms with Gasteiger partial charge in [-0.05, 0) is 6.07 Å². The van der Waals surface area contributed by atoms with Crippen LogP contribution < -0.4 is 10.0 Å². The molecule has 1 aromatic rings. The maximum Gasteiger partial charge on any atom is 0.405 e. The van der Waals surface area contributed by atoms with Crippen LogP contribution in [0.2, 0.25) is 0 Å². The Morgan fingerprint density at radius 3 is 2.15 bits per heavy atom. The van der Waals surface area contributed by atoms with Gasteiger partial charge >= 0.3 is 6.18 Å². The molecule has 150 valence electrons. The number of sulfonamides is 1. The van der Waals surface area contributed by atoms with Gasteiger partial charge in [-0.1, -0.05) is 0 Å². The van der Waals surface area contributed by atoms with Crippen LogP contribution in [-0.4, -0.2) is 58.3 Å². The van der Waals surface area contributed by atoms with E-state index in [-0.39, 0.29) is 37.6 Å². The minimum Gasteiger partial charge on any atom is -0.314 e. The molecule has 1 aliphatic rings. The fraction of sp³-hybridized carbons (Fsp3) is 0.538. The number of halogens is 7. The zero-order chi connectivity index (χ0) is 18.8. The Morgan fingerprint density at radius 2 is 1.62 bits per heavy atom. The topological polar surface area (TPSA) is 61.4 Å². The van der Waals surface area contributed by atoms with Crippen molar-refractivity contribution < 1.29 is 34.8 Å². The molecule has 0 aliphatic carbocycles. The second kappa shape index (κ2) is 8.74. The fourth-order valence-corrected chi connectivity index (χ4v) is 3.53. The van der Waals surface area contributed by atoms with E-state index in [1.165, 1.54) is 0 Å². The Balaban J connectivity index is 0.00000338. The Kier molecular flexibility index (Phi) is 7.72. The molecule has 1 aliphatic heterocycles. The van der Waals surface area contributed by atoms with Crippen molar-refractivity contribution in [2.24, 2.45) is 0 Å². The second-order valence-electron chi connectivity index (χ2n) is 5.39. The van der Waals surface area contributed by atoms with Crippen LogP contribution in [-0.2, 0) is 10.0 Å². The summed E-state index contributed by atoms with van der Waals surface area (Å²) in [7, 11) is -4.80. The average molecular weight is 428 g/mol. The molecule has 0 amide bonds. The lowest BCUT2D eigenvalue weighted by Crippen LogP contribution is -2.57. The van der Waals surface area contributed by atoms with Gasteiger partial charge < -0.3 is 5.32 Å². The fourth-order valence-electron chi connectivity index (χ4n) is 2.42. The Bertz CT molecular complexity index is 725. The molecular weight excluding hydrogens is 412 g/mol. The van der Waals surface area contributed by atoms with Gasteiger partial charge in [-0.15, -0.1) is 12.4 Å². The first kappa shape index (κ1) is 23.0. The molecule has 0 bridgehead atoms. The molecule has 0 spiro atoms. The van der Waals surface area contributed by atoms with Crippen LogP contribution in [0.1, 0.15) is 0 Å². The number of piperazine rings is 1. The lowest BCUT2D eigenvalue weighted by molar-refractivity contribution is -0.182. The number of hydrogen-bond donors (Lipinski definition) is 2. The highest BCUT2D eigenvalue weighted by Crippen LogP contribution is 2.25. The summed E-state index contributed by atoms with van der Waals surface area (Å²) in [5, 5.41) is 2.86. The van der Waals surface area contributed by atoms with Crippen molar-refractivity contribution >= 4 is 22.4 Å². The molecule has 26 heavy (non-hydrogen) atoms. The molecule has 0 aromatic heterocycles. The smallest absolute Gasteiger partial charge is 0.314 e. The summed E-state index contributed by atoms with van der Waals surface area (Å²) in [4.78, 5) is -0.215. The number of rotatable bonds is 5. The SMILES string of the molecule is Cl.O=S(=O)(NCC(N1CCNCC1)C(F)(F)F)c1cc(F)c(F)cc1F. The molecule has 1 unspecified atom stereocenters. The highest BCUT2D eigenvalue weighted by molar-refractivity contribution is 7.89. The third kappa shape index (κ3) is 5.46. The van der Waals surface area contributed by atoms with Crippen LogP contribution in [0, 0.1) is 17.5 Å². The van der Waals surface area contributed by atoms with E-state index >= 15 is 0 Å². The normalized spacial score (nSPS) is 17.6. The van der Waals surface area contributed by atoms with E-state index in [9.17, 15) is 34.8 Å². The zero-order valence-electron chi connectivity index (χ0n) is 13.1. The summed E-state index contributed by atoms with van der Waals surface area (Å²) in [5.74, 6) is -4.83. The number of nitrogens with one attached hydrogen (secondary N) is 2.